The Bertz CT molecular complexity index is 408. The molecule has 0 atom stereocenters. The highest BCUT2D eigenvalue weighted by molar-refractivity contribution is 7.12. The van der Waals surface area contributed by atoms with Crippen LogP contribution in [0.3, 0.4) is 0 Å². The van der Waals surface area contributed by atoms with Gasteiger partial charge in [-0.1, -0.05) is 5.16 Å². The molecule has 0 fully saturated rings. The fraction of sp³-hybridized carbons (Fsp3) is 0.333. The van der Waals surface area contributed by atoms with E-state index in [1.165, 1.54) is 11.3 Å². The predicted molar refractivity (Wildman–Crippen MR) is 52.5 cm³/mol. The molecule has 5 heteroatoms. The lowest BCUT2D eigenvalue weighted by Gasteiger charge is -2.12. The molecule has 1 aliphatic carbocycles. The number of carboxylic acid groups (broad SMARTS) is 1. The quantitative estimate of drug-likeness (QED) is 0.551. The minimum atomic E-state index is -0.901. The van der Waals surface area contributed by atoms with Crippen LogP contribution < -0.4 is 0 Å². The van der Waals surface area contributed by atoms with Crippen LogP contribution in [0.4, 0.5) is 0 Å². The number of aromatic carboxylic acids is 1. The van der Waals surface area contributed by atoms with E-state index in [0.29, 0.717) is 11.3 Å². The number of rotatable bonds is 1. The average Bonchev–Trinajstić information content (AvgIpc) is 2.60. The van der Waals surface area contributed by atoms with E-state index in [9.17, 15) is 4.79 Å². The first-order valence-corrected chi connectivity index (χ1v) is 5.17. The van der Waals surface area contributed by atoms with Crippen LogP contribution in [0.25, 0.3) is 0 Å². The Hall–Kier alpha value is -1.36. The number of hydrogen-bond acceptors (Lipinski definition) is 4. The van der Waals surface area contributed by atoms with Crippen molar-refractivity contribution in [3.05, 3.63) is 21.4 Å². The second-order valence-corrected chi connectivity index (χ2v) is 4.04. The number of thiophene rings is 1. The number of fused-ring (bicyclic) bond motifs is 1. The van der Waals surface area contributed by atoms with Crippen LogP contribution in [-0.2, 0) is 6.42 Å². The minimum absolute atomic E-state index is 0.353. The van der Waals surface area contributed by atoms with Gasteiger partial charge in [0.1, 0.15) is 0 Å². The molecule has 0 aliphatic heterocycles. The number of nitrogens with zero attached hydrogens (tertiary/aromatic N) is 1. The second-order valence-electron chi connectivity index (χ2n) is 3.16. The van der Waals surface area contributed by atoms with E-state index in [0.717, 1.165) is 29.7 Å². The number of carbonyl (C=O) groups is 1. The zero-order chi connectivity index (χ0) is 10.1. The fourth-order valence-corrected chi connectivity index (χ4v) is 2.81. The molecule has 0 saturated carbocycles. The largest absolute Gasteiger partial charge is 0.478 e. The molecule has 0 amide bonds. The summed E-state index contributed by atoms with van der Waals surface area (Å²) in [6, 6.07) is 0. The maximum absolute atomic E-state index is 10.8. The lowest BCUT2D eigenvalue weighted by molar-refractivity contribution is 0.0696. The van der Waals surface area contributed by atoms with Gasteiger partial charge in [-0.05, 0) is 24.8 Å². The van der Waals surface area contributed by atoms with E-state index in [-0.39, 0.29) is 0 Å². The molecule has 0 radical (unpaired) electrons. The summed E-state index contributed by atoms with van der Waals surface area (Å²) in [7, 11) is 0. The summed E-state index contributed by atoms with van der Waals surface area (Å²) in [4.78, 5) is 11.7. The van der Waals surface area contributed by atoms with E-state index in [2.05, 4.69) is 5.16 Å². The van der Waals surface area contributed by atoms with E-state index in [4.69, 9.17) is 10.3 Å². The van der Waals surface area contributed by atoms with Crippen molar-refractivity contribution in [3.63, 3.8) is 0 Å². The van der Waals surface area contributed by atoms with E-state index < -0.39 is 5.97 Å². The van der Waals surface area contributed by atoms with Crippen LogP contribution in [0.1, 0.15) is 33.6 Å². The molecule has 1 aromatic rings. The third-order valence-electron chi connectivity index (χ3n) is 2.35. The normalized spacial score (nSPS) is 18.1. The average molecular weight is 211 g/mol. The van der Waals surface area contributed by atoms with Gasteiger partial charge in [-0.25, -0.2) is 4.79 Å². The van der Waals surface area contributed by atoms with Crippen LogP contribution in [0.15, 0.2) is 10.5 Å². The summed E-state index contributed by atoms with van der Waals surface area (Å²) in [6.45, 7) is 0. The molecule has 2 N–H and O–H groups in total. The van der Waals surface area contributed by atoms with Crippen molar-refractivity contribution in [2.75, 3.05) is 0 Å². The maximum Gasteiger partial charge on any atom is 0.336 e. The molecule has 0 bridgehead atoms. The Morgan fingerprint density at radius 3 is 2.93 bits per heavy atom. The lowest BCUT2D eigenvalue weighted by atomic mass is 9.94. The van der Waals surface area contributed by atoms with Gasteiger partial charge in [0.05, 0.1) is 16.2 Å². The standard InChI is InChI=1S/C9H9NO3S/c11-9(12)6-4-14-8-5(6)2-1-3-7(8)10-13/h4,13H,1-3H2,(H,11,12)/b10-7-. The molecule has 0 spiro atoms. The first kappa shape index (κ1) is 9.21. The highest BCUT2D eigenvalue weighted by atomic mass is 32.1. The number of hydrogen-bond donors (Lipinski definition) is 2. The summed E-state index contributed by atoms with van der Waals surface area (Å²) in [6.07, 6.45) is 2.34. The van der Waals surface area contributed by atoms with Gasteiger partial charge in [-0.2, -0.15) is 0 Å². The van der Waals surface area contributed by atoms with Gasteiger partial charge < -0.3 is 10.3 Å². The molecule has 14 heavy (non-hydrogen) atoms. The molecule has 0 saturated heterocycles. The van der Waals surface area contributed by atoms with Crippen LogP contribution in [0.5, 0.6) is 0 Å². The third kappa shape index (κ3) is 1.29. The van der Waals surface area contributed by atoms with Crippen molar-refractivity contribution in [3.8, 4) is 0 Å². The van der Waals surface area contributed by atoms with Crippen LogP contribution in [-0.4, -0.2) is 22.0 Å². The Morgan fingerprint density at radius 2 is 2.29 bits per heavy atom. The molecular formula is C9H9NO3S. The molecular weight excluding hydrogens is 202 g/mol. The maximum atomic E-state index is 10.8. The van der Waals surface area contributed by atoms with Crippen LogP contribution in [0.2, 0.25) is 0 Å². The molecule has 0 aromatic carbocycles. The van der Waals surface area contributed by atoms with Gasteiger partial charge in [0.25, 0.3) is 0 Å². The second kappa shape index (κ2) is 3.42. The first-order valence-electron chi connectivity index (χ1n) is 4.29. The zero-order valence-electron chi connectivity index (χ0n) is 7.36. The smallest absolute Gasteiger partial charge is 0.336 e. The monoisotopic (exact) mass is 211 g/mol. The molecule has 2 rings (SSSR count). The lowest BCUT2D eigenvalue weighted by Crippen LogP contribution is -2.11. The van der Waals surface area contributed by atoms with Crippen molar-refractivity contribution >= 4 is 23.0 Å². The van der Waals surface area contributed by atoms with E-state index in [1.54, 1.807) is 5.38 Å². The Labute approximate surface area is 84.5 Å². The van der Waals surface area contributed by atoms with Crippen molar-refractivity contribution in [1.82, 2.24) is 0 Å². The summed E-state index contributed by atoms with van der Waals surface area (Å²) >= 11 is 1.34. The van der Waals surface area contributed by atoms with Crippen molar-refractivity contribution in [2.24, 2.45) is 5.16 Å². The van der Waals surface area contributed by atoms with Gasteiger partial charge in [-0.15, -0.1) is 11.3 Å². The fourth-order valence-electron chi connectivity index (χ4n) is 1.69. The molecule has 1 heterocycles. The Kier molecular flexibility index (Phi) is 2.25. The Morgan fingerprint density at radius 1 is 1.50 bits per heavy atom. The summed E-state index contributed by atoms with van der Waals surface area (Å²) < 4.78 is 0. The van der Waals surface area contributed by atoms with Gasteiger partial charge in [0.2, 0.25) is 0 Å². The molecule has 1 aliphatic rings. The molecule has 0 unspecified atom stereocenters. The summed E-state index contributed by atoms with van der Waals surface area (Å²) in [5, 5.41) is 22.4. The van der Waals surface area contributed by atoms with Gasteiger partial charge in [0.15, 0.2) is 0 Å². The van der Waals surface area contributed by atoms with Crippen LogP contribution >= 0.6 is 11.3 Å². The van der Waals surface area contributed by atoms with E-state index in [1.807, 2.05) is 0 Å². The van der Waals surface area contributed by atoms with Crippen molar-refractivity contribution < 1.29 is 15.1 Å². The van der Waals surface area contributed by atoms with Gasteiger partial charge in [-0.3, -0.25) is 0 Å². The highest BCUT2D eigenvalue weighted by Gasteiger charge is 2.23. The zero-order valence-corrected chi connectivity index (χ0v) is 8.17. The summed E-state index contributed by atoms with van der Waals surface area (Å²) in [5.74, 6) is -0.901. The number of oxime groups is 1. The summed E-state index contributed by atoms with van der Waals surface area (Å²) in [5.41, 5.74) is 1.79. The van der Waals surface area contributed by atoms with Crippen molar-refractivity contribution in [2.45, 2.75) is 19.3 Å². The number of carboxylic acids is 1. The van der Waals surface area contributed by atoms with Gasteiger partial charge in [0, 0.05) is 5.38 Å². The van der Waals surface area contributed by atoms with Crippen LogP contribution in [0, 0.1) is 0 Å². The first-order chi connectivity index (χ1) is 6.74. The topological polar surface area (TPSA) is 69.9 Å². The molecule has 74 valence electrons. The van der Waals surface area contributed by atoms with Crippen molar-refractivity contribution in [1.29, 1.82) is 0 Å². The SMILES string of the molecule is O=C(O)c1csc2c1CCC/C2=N/O. The Balaban J connectivity index is 2.53. The highest BCUT2D eigenvalue weighted by Crippen LogP contribution is 2.30. The minimum Gasteiger partial charge on any atom is -0.478 e. The van der Waals surface area contributed by atoms with Gasteiger partial charge >= 0.3 is 5.97 Å². The van der Waals surface area contributed by atoms with E-state index >= 15 is 0 Å². The predicted octanol–water partition coefficient (Wildman–Crippen LogP) is 1.96. The third-order valence-corrected chi connectivity index (χ3v) is 3.42. The molecule has 4 nitrogen and oxygen atoms in total. The molecule has 1 aromatic heterocycles.